The van der Waals surface area contributed by atoms with Crippen LogP contribution in [0.2, 0.25) is 0 Å². The number of hydrogen-bond acceptors (Lipinski definition) is 3. The van der Waals surface area contributed by atoms with Gasteiger partial charge in [-0.2, -0.15) is 0 Å². The molecular formula is C12H13FN4. The molecule has 88 valence electrons. The molecule has 0 radical (unpaired) electrons. The number of nitrogens with one attached hydrogen (secondary N) is 1. The van der Waals surface area contributed by atoms with Gasteiger partial charge in [0.15, 0.2) is 5.82 Å². The molecule has 0 saturated heterocycles. The van der Waals surface area contributed by atoms with Gasteiger partial charge in [0.25, 0.3) is 0 Å². The fraction of sp³-hybridized carbons (Fsp3) is 0.333. The highest BCUT2D eigenvalue weighted by molar-refractivity contribution is 5.56. The van der Waals surface area contributed by atoms with Crippen LogP contribution in [0.5, 0.6) is 0 Å². The maximum Gasteiger partial charge on any atom is 0.164 e. The van der Waals surface area contributed by atoms with E-state index in [0.29, 0.717) is 5.56 Å². The first-order valence-corrected chi connectivity index (χ1v) is 5.65. The van der Waals surface area contributed by atoms with Crippen LogP contribution in [-0.4, -0.2) is 21.3 Å². The normalized spacial score (nSPS) is 14.7. The van der Waals surface area contributed by atoms with Crippen molar-refractivity contribution in [1.82, 2.24) is 20.1 Å². The van der Waals surface area contributed by atoms with Crippen LogP contribution in [-0.2, 0) is 13.1 Å². The monoisotopic (exact) mass is 232 g/mol. The van der Waals surface area contributed by atoms with E-state index in [1.54, 1.807) is 13.0 Å². The zero-order valence-electron chi connectivity index (χ0n) is 9.57. The molecule has 0 fully saturated rings. The van der Waals surface area contributed by atoms with Gasteiger partial charge >= 0.3 is 0 Å². The second kappa shape index (κ2) is 3.92. The molecule has 0 saturated carbocycles. The van der Waals surface area contributed by atoms with Gasteiger partial charge in [0.1, 0.15) is 11.6 Å². The Morgan fingerprint density at radius 3 is 3.06 bits per heavy atom. The number of fused-ring (bicyclic) bond motifs is 1. The van der Waals surface area contributed by atoms with Gasteiger partial charge in [0, 0.05) is 18.7 Å². The SMILES string of the molecule is Cc1ccc(-c2nnc3n2CCNC3)cc1F. The van der Waals surface area contributed by atoms with Gasteiger partial charge in [0.2, 0.25) is 0 Å². The van der Waals surface area contributed by atoms with Crippen molar-refractivity contribution < 1.29 is 4.39 Å². The molecule has 0 aliphatic carbocycles. The third-order valence-corrected chi connectivity index (χ3v) is 3.05. The molecule has 0 unspecified atom stereocenters. The summed E-state index contributed by atoms with van der Waals surface area (Å²) in [6.45, 7) is 4.20. The molecule has 1 aliphatic rings. The van der Waals surface area contributed by atoms with E-state index < -0.39 is 0 Å². The van der Waals surface area contributed by atoms with Gasteiger partial charge in [-0.15, -0.1) is 10.2 Å². The topological polar surface area (TPSA) is 42.7 Å². The zero-order valence-corrected chi connectivity index (χ0v) is 9.57. The smallest absolute Gasteiger partial charge is 0.164 e. The maximum atomic E-state index is 13.5. The van der Waals surface area contributed by atoms with Crippen molar-refractivity contribution in [1.29, 1.82) is 0 Å². The Morgan fingerprint density at radius 1 is 1.35 bits per heavy atom. The molecule has 17 heavy (non-hydrogen) atoms. The molecular weight excluding hydrogens is 219 g/mol. The van der Waals surface area contributed by atoms with Gasteiger partial charge in [0.05, 0.1) is 6.54 Å². The number of rotatable bonds is 1. The van der Waals surface area contributed by atoms with Crippen molar-refractivity contribution in [2.75, 3.05) is 6.54 Å². The van der Waals surface area contributed by atoms with E-state index >= 15 is 0 Å². The Kier molecular flexibility index (Phi) is 2.40. The lowest BCUT2D eigenvalue weighted by Gasteiger charge is -2.16. The molecule has 1 aliphatic heterocycles. The summed E-state index contributed by atoms with van der Waals surface area (Å²) in [7, 11) is 0. The van der Waals surface area contributed by atoms with E-state index in [-0.39, 0.29) is 5.82 Å². The van der Waals surface area contributed by atoms with Crippen molar-refractivity contribution in [3.63, 3.8) is 0 Å². The Labute approximate surface area is 98.5 Å². The highest BCUT2D eigenvalue weighted by atomic mass is 19.1. The van der Waals surface area contributed by atoms with Crippen molar-refractivity contribution in [2.45, 2.75) is 20.0 Å². The van der Waals surface area contributed by atoms with E-state index in [4.69, 9.17) is 0 Å². The summed E-state index contributed by atoms with van der Waals surface area (Å²) >= 11 is 0. The van der Waals surface area contributed by atoms with Crippen LogP contribution in [0.1, 0.15) is 11.4 Å². The number of hydrogen-bond donors (Lipinski definition) is 1. The highest BCUT2D eigenvalue weighted by Gasteiger charge is 2.16. The molecule has 1 N–H and O–H groups in total. The predicted octanol–water partition coefficient (Wildman–Crippen LogP) is 1.50. The van der Waals surface area contributed by atoms with Crippen molar-refractivity contribution in [3.8, 4) is 11.4 Å². The summed E-state index contributed by atoms with van der Waals surface area (Å²) in [6.07, 6.45) is 0. The molecule has 0 bridgehead atoms. The van der Waals surface area contributed by atoms with Crippen LogP contribution in [0, 0.1) is 12.7 Å². The lowest BCUT2D eigenvalue weighted by molar-refractivity contribution is 0.508. The lowest BCUT2D eigenvalue weighted by atomic mass is 10.1. The van der Waals surface area contributed by atoms with Gasteiger partial charge in [-0.25, -0.2) is 4.39 Å². The standard InChI is InChI=1S/C12H13FN4/c1-8-2-3-9(6-10(8)13)12-16-15-11-7-14-4-5-17(11)12/h2-3,6,14H,4-5,7H2,1H3. The fourth-order valence-corrected chi connectivity index (χ4v) is 2.04. The Morgan fingerprint density at radius 2 is 2.24 bits per heavy atom. The molecule has 1 aromatic heterocycles. The second-order valence-electron chi connectivity index (χ2n) is 4.23. The quantitative estimate of drug-likeness (QED) is 0.810. The first-order chi connectivity index (χ1) is 8.25. The summed E-state index contributed by atoms with van der Waals surface area (Å²) in [5.74, 6) is 1.46. The molecule has 2 heterocycles. The Balaban J connectivity index is 2.09. The van der Waals surface area contributed by atoms with Crippen LogP contribution >= 0.6 is 0 Å². The number of nitrogens with zero attached hydrogens (tertiary/aromatic N) is 3. The summed E-state index contributed by atoms with van der Waals surface area (Å²) in [4.78, 5) is 0. The van der Waals surface area contributed by atoms with Gasteiger partial charge < -0.3 is 9.88 Å². The molecule has 3 rings (SSSR count). The van der Waals surface area contributed by atoms with Crippen molar-refractivity contribution in [2.24, 2.45) is 0 Å². The van der Waals surface area contributed by atoms with E-state index in [0.717, 1.165) is 36.8 Å². The maximum absolute atomic E-state index is 13.5. The molecule has 1 aromatic carbocycles. The average Bonchev–Trinajstić information content (AvgIpc) is 2.76. The minimum Gasteiger partial charge on any atom is -0.309 e. The van der Waals surface area contributed by atoms with Gasteiger partial charge in [-0.1, -0.05) is 12.1 Å². The molecule has 4 nitrogen and oxygen atoms in total. The fourth-order valence-electron chi connectivity index (χ4n) is 2.04. The summed E-state index contributed by atoms with van der Waals surface area (Å²) in [5, 5.41) is 11.5. The first kappa shape index (κ1) is 10.4. The first-order valence-electron chi connectivity index (χ1n) is 5.65. The third-order valence-electron chi connectivity index (χ3n) is 3.05. The van der Waals surface area contributed by atoms with E-state index in [2.05, 4.69) is 15.5 Å². The number of halogens is 1. The number of benzene rings is 1. The molecule has 0 atom stereocenters. The summed E-state index contributed by atoms with van der Waals surface area (Å²) in [6, 6.07) is 5.18. The van der Waals surface area contributed by atoms with Gasteiger partial charge in [-0.05, 0) is 18.6 Å². The van der Waals surface area contributed by atoms with Crippen molar-refractivity contribution in [3.05, 3.63) is 35.4 Å². The largest absolute Gasteiger partial charge is 0.309 e. The number of aryl methyl sites for hydroxylation is 1. The predicted molar refractivity (Wildman–Crippen MR) is 61.9 cm³/mol. The minimum absolute atomic E-state index is 0.200. The third kappa shape index (κ3) is 1.72. The second-order valence-corrected chi connectivity index (χ2v) is 4.23. The van der Waals surface area contributed by atoms with Crippen LogP contribution < -0.4 is 5.32 Å². The van der Waals surface area contributed by atoms with Gasteiger partial charge in [-0.3, -0.25) is 0 Å². The Hall–Kier alpha value is -1.75. The highest BCUT2D eigenvalue weighted by Crippen LogP contribution is 2.21. The number of aromatic nitrogens is 3. The van der Waals surface area contributed by atoms with Crippen LogP contribution in [0.15, 0.2) is 18.2 Å². The minimum atomic E-state index is -0.200. The molecule has 0 amide bonds. The van der Waals surface area contributed by atoms with E-state index in [1.165, 1.54) is 6.07 Å². The zero-order chi connectivity index (χ0) is 11.8. The van der Waals surface area contributed by atoms with Crippen LogP contribution in [0.25, 0.3) is 11.4 Å². The van der Waals surface area contributed by atoms with E-state index in [1.807, 2.05) is 10.6 Å². The summed E-state index contributed by atoms with van der Waals surface area (Å²) in [5.41, 5.74) is 1.43. The van der Waals surface area contributed by atoms with Crippen LogP contribution in [0.3, 0.4) is 0 Å². The molecule has 0 spiro atoms. The summed E-state index contributed by atoms with van der Waals surface area (Å²) < 4.78 is 15.6. The molecule has 5 heteroatoms. The molecule has 2 aromatic rings. The lowest BCUT2D eigenvalue weighted by Crippen LogP contribution is -2.28. The van der Waals surface area contributed by atoms with Crippen LogP contribution in [0.4, 0.5) is 4.39 Å². The average molecular weight is 232 g/mol. The van der Waals surface area contributed by atoms with E-state index in [9.17, 15) is 4.39 Å². The Bertz CT molecular complexity index is 562. The van der Waals surface area contributed by atoms with Crippen molar-refractivity contribution >= 4 is 0 Å².